The van der Waals surface area contributed by atoms with Crippen LogP contribution in [0.3, 0.4) is 0 Å². The number of benzene rings is 1. The average molecular weight is 383 g/mol. The summed E-state index contributed by atoms with van der Waals surface area (Å²) in [5, 5.41) is 4.42. The molecule has 1 aromatic carbocycles. The van der Waals surface area contributed by atoms with Crippen LogP contribution in [0.4, 0.5) is 5.69 Å². The second-order valence-corrected chi connectivity index (χ2v) is 7.17. The maximum atomic E-state index is 13.0. The first-order valence-electron chi connectivity index (χ1n) is 9.91. The zero-order chi connectivity index (χ0) is 19.9. The average Bonchev–Trinajstić information content (AvgIpc) is 2.96. The Balaban J connectivity index is 1.69. The smallest absolute Gasteiger partial charge is 0.250 e. The number of ether oxygens (including phenoxy) is 1. The van der Waals surface area contributed by atoms with Gasteiger partial charge in [-0.15, -0.1) is 0 Å². The molecular weight excluding hydrogens is 352 g/mol. The molecule has 6 heteroatoms. The molecule has 28 heavy (non-hydrogen) atoms. The molecule has 6 nitrogen and oxygen atoms in total. The van der Waals surface area contributed by atoms with Crippen molar-refractivity contribution in [2.75, 3.05) is 44.3 Å². The number of hydrogen-bond donors (Lipinski definition) is 0. The summed E-state index contributed by atoms with van der Waals surface area (Å²) in [6, 6.07) is 9.88. The summed E-state index contributed by atoms with van der Waals surface area (Å²) in [5.74, 6) is -0.00386. The number of para-hydroxylation sites is 1. The van der Waals surface area contributed by atoms with E-state index < -0.39 is 0 Å². The summed E-state index contributed by atoms with van der Waals surface area (Å²) in [4.78, 5) is 17.3. The minimum absolute atomic E-state index is 0.00386. The van der Waals surface area contributed by atoms with Gasteiger partial charge in [-0.1, -0.05) is 18.2 Å². The lowest BCUT2D eigenvalue weighted by molar-refractivity contribution is -0.114. The Labute approximate surface area is 167 Å². The van der Waals surface area contributed by atoms with Crippen LogP contribution in [0.1, 0.15) is 23.4 Å². The van der Waals surface area contributed by atoms with Gasteiger partial charge in [-0.3, -0.25) is 14.4 Å². The van der Waals surface area contributed by atoms with Gasteiger partial charge in [-0.05, 0) is 38.5 Å². The van der Waals surface area contributed by atoms with Gasteiger partial charge in [-0.25, -0.2) is 0 Å². The van der Waals surface area contributed by atoms with E-state index in [9.17, 15) is 4.79 Å². The zero-order valence-corrected chi connectivity index (χ0v) is 17.1. The van der Waals surface area contributed by atoms with Crippen molar-refractivity contribution in [2.45, 2.75) is 20.3 Å². The Morgan fingerprint density at radius 2 is 1.93 bits per heavy atom. The van der Waals surface area contributed by atoms with Gasteiger partial charge in [-0.2, -0.15) is 5.10 Å². The molecule has 0 bridgehead atoms. The Morgan fingerprint density at radius 1 is 1.21 bits per heavy atom. The fraction of sp³-hybridized carbons (Fsp3) is 0.455. The van der Waals surface area contributed by atoms with E-state index >= 15 is 0 Å². The van der Waals surface area contributed by atoms with Crippen molar-refractivity contribution in [2.24, 2.45) is 7.05 Å². The normalized spacial score (nSPS) is 15.2. The van der Waals surface area contributed by atoms with E-state index in [1.807, 2.05) is 66.9 Å². The third kappa shape index (κ3) is 5.09. The van der Waals surface area contributed by atoms with Crippen LogP contribution in [0.5, 0.6) is 0 Å². The third-order valence-electron chi connectivity index (χ3n) is 5.25. The molecule has 1 fully saturated rings. The summed E-state index contributed by atoms with van der Waals surface area (Å²) in [7, 11) is 1.92. The summed E-state index contributed by atoms with van der Waals surface area (Å²) >= 11 is 0. The monoisotopic (exact) mass is 382 g/mol. The van der Waals surface area contributed by atoms with Gasteiger partial charge in [0.15, 0.2) is 0 Å². The van der Waals surface area contributed by atoms with Gasteiger partial charge in [0.25, 0.3) is 5.91 Å². The first kappa shape index (κ1) is 20.3. The number of amides is 1. The van der Waals surface area contributed by atoms with Crippen molar-refractivity contribution in [3.05, 3.63) is 53.4 Å². The minimum atomic E-state index is -0.00386. The molecule has 0 unspecified atom stereocenters. The molecule has 0 saturated carbocycles. The highest BCUT2D eigenvalue weighted by atomic mass is 16.5. The summed E-state index contributed by atoms with van der Waals surface area (Å²) in [5.41, 5.74) is 3.93. The molecular formula is C22H30N4O2. The molecule has 0 atom stereocenters. The van der Waals surface area contributed by atoms with Crippen LogP contribution in [0.15, 0.2) is 36.4 Å². The molecule has 2 heterocycles. The fourth-order valence-electron chi connectivity index (χ4n) is 3.53. The minimum Gasteiger partial charge on any atom is -0.379 e. The predicted molar refractivity (Wildman–Crippen MR) is 112 cm³/mol. The van der Waals surface area contributed by atoms with Gasteiger partial charge in [0.05, 0.1) is 18.9 Å². The van der Waals surface area contributed by atoms with Crippen molar-refractivity contribution >= 4 is 17.7 Å². The van der Waals surface area contributed by atoms with Gasteiger partial charge in [0.1, 0.15) is 0 Å². The number of hydrogen-bond acceptors (Lipinski definition) is 4. The molecule has 1 aliphatic heterocycles. The number of carbonyl (C=O) groups excluding carboxylic acids is 1. The first-order valence-corrected chi connectivity index (χ1v) is 9.91. The molecule has 0 spiro atoms. The molecule has 0 radical (unpaired) electrons. The van der Waals surface area contributed by atoms with E-state index in [-0.39, 0.29) is 5.91 Å². The van der Waals surface area contributed by atoms with Crippen molar-refractivity contribution < 1.29 is 9.53 Å². The highest BCUT2D eigenvalue weighted by Gasteiger charge is 2.16. The summed E-state index contributed by atoms with van der Waals surface area (Å²) in [6.45, 7) is 9.19. The van der Waals surface area contributed by atoms with E-state index in [2.05, 4.69) is 10.00 Å². The number of rotatable bonds is 7. The third-order valence-corrected chi connectivity index (χ3v) is 5.25. The second kappa shape index (κ2) is 9.66. The molecule has 3 rings (SSSR count). The molecule has 150 valence electrons. The largest absolute Gasteiger partial charge is 0.379 e. The standard InChI is InChI=1S/C22H30N4O2/c1-18-21(19(2)24(3)23-18)10-11-22(27)26(20-8-5-4-6-9-20)13-7-12-25-14-16-28-17-15-25/h4-6,8-11H,7,12-17H2,1-3H3/b11-10+. The fourth-order valence-corrected chi connectivity index (χ4v) is 3.53. The van der Waals surface area contributed by atoms with Crippen LogP contribution in [0.25, 0.3) is 6.08 Å². The molecule has 0 aliphatic carbocycles. The van der Waals surface area contributed by atoms with E-state index in [4.69, 9.17) is 4.74 Å². The number of nitrogens with zero attached hydrogens (tertiary/aromatic N) is 4. The van der Waals surface area contributed by atoms with Crippen LogP contribution < -0.4 is 4.90 Å². The van der Waals surface area contributed by atoms with E-state index in [0.29, 0.717) is 6.54 Å². The number of carbonyl (C=O) groups is 1. The summed E-state index contributed by atoms with van der Waals surface area (Å²) < 4.78 is 7.25. The van der Waals surface area contributed by atoms with E-state index in [1.165, 1.54) is 0 Å². The topological polar surface area (TPSA) is 50.6 Å². The Hall–Kier alpha value is -2.44. The van der Waals surface area contributed by atoms with Gasteiger partial charge in [0.2, 0.25) is 0 Å². The van der Waals surface area contributed by atoms with Crippen molar-refractivity contribution in [1.29, 1.82) is 0 Å². The molecule has 1 amide bonds. The maximum Gasteiger partial charge on any atom is 0.250 e. The molecule has 1 saturated heterocycles. The zero-order valence-electron chi connectivity index (χ0n) is 17.1. The van der Waals surface area contributed by atoms with Crippen LogP contribution in [-0.2, 0) is 16.6 Å². The lowest BCUT2D eigenvalue weighted by atomic mass is 10.1. The molecule has 1 aliphatic rings. The molecule has 1 aromatic heterocycles. The maximum absolute atomic E-state index is 13.0. The SMILES string of the molecule is Cc1nn(C)c(C)c1/C=C/C(=O)N(CCCN1CCOCC1)c1ccccc1. The van der Waals surface area contributed by atoms with Crippen LogP contribution >= 0.6 is 0 Å². The predicted octanol–water partition coefficient (Wildman–Crippen LogP) is 2.81. The second-order valence-electron chi connectivity index (χ2n) is 7.17. The quantitative estimate of drug-likeness (QED) is 0.691. The Kier molecular flexibility index (Phi) is 7.01. The Morgan fingerprint density at radius 3 is 2.57 bits per heavy atom. The first-order chi connectivity index (χ1) is 13.6. The van der Waals surface area contributed by atoms with E-state index in [0.717, 1.165) is 61.9 Å². The lowest BCUT2D eigenvalue weighted by Gasteiger charge is -2.28. The van der Waals surface area contributed by atoms with Crippen molar-refractivity contribution in [3.63, 3.8) is 0 Å². The number of morpholine rings is 1. The van der Waals surface area contributed by atoms with Crippen LogP contribution in [0, 0.1) is 13.8 Å². The number of aromatic nitrogens is 2. The lowest BCUT2D eigenvalue weighted by Crippen LogP contribution is -2.39. The van der Waals surface area contributed by atoms with E-state index in [1.54, 1.807) is 6.08 Å². The summed E-state index contributed by atoms with van der Waals surface area (Å²) in [6.07, 6.45) is 4.48. The van der Waals surface area contributed by atoms with Gasteiger partial charge >= 0.3 is 0 Å². The molecule has 2 aromatic rings. The number of aryl methyl sites for hydroxylation is 2. The van der Waals surface area contributed by atoms with Gasteiger partial charge < -0.3 is 9.64 Å². The Bertz CT molecular complexity index is 807. The molecule has 0 N–H and O–H groups in total. The van der Waals surface area contributed by atoms with Crippen LogP contribution in [0.2, 0.25) is 0 Å². The van der Waals surface area contributed by atoms with Gasteiger partial charge in [0, 0.05) is 56.2 Å². The van der Waals surface area contributed by atoms with Crippen LogP contribution in [-0.4, -0.2) is 60.0 Å². The number of anilines is 1. The van der Waals surface area contributed by atoms with Crippen molar-refractivity contribution in [3.8, 4) is 0 Å². The highest BCUT2D eigenvalue weighted by Crippen LogP contribution is 2.17. The van der Waals surface area contributed by atoms with Crippen molar-refractivity contribution in [1.82, 2.24) is 14.7 Å². The highest BCUT2D eigenvalue weighted by molar-refractivity contribution is 6.03.